The van der Waals surface area contributed by atoms with Gasteiger partial charge in [0.2, 0.25) is 0 Å². The Morgan fingerprint density at radius 2 is 1.94 bits per heavy atom. The molecule has 3 rings (SSSR count). The largest absolute Gasteiger partial charge is 0.381 e. The average molecular weight is 238 g/mol. The molecular weight excluding hydrogens is 212 g/mol. The maximum atomic E-state index is 5.46. The molecule has 3 nitrogen and oxygen atoms in total. The van der Waals surface area contributed by atoms with E-state index in [0.29, 0.717) is 0 Å². The molecule has 3 heterocycles. The number of nitrogens with one attached hydrogen (secondary N) is 1. The third-order valence-electron chi connectivity index (χ3n) is 4.81. The first-order chi connectivity index (χ1) is 8.43. The number of ether oxygens (including phenoxy) is 1. The van der Waals surface area contributed by atoms with Crippen LogP contribution >= 0.6 is 0 Å². The first-order valence-corrected chi connectivity index (χ1v) is 7.48. The molecule has 2 atom stereocenters. The Morgan fingerprint density at radius 1 is 1.06 bits per heavy atom. The van der Waals surface area contributed by atoms with Crippen molar-refractivity contribution in [3.05, 3.63) is 0 Å². The van der Waals surface area contributed by atoms with Gasteiger partial charge >= 0.3 is 0 Å². The van der Waals surface area contributed by atoms with Crippen LogP contribution in [0, 0.1) is 5.92 Å². The second-order valence-corrected chi connectivity index (χ2v) is 5.96. The van der Waals surface area contributed by atoms with E-state index in [1.54, 1.807) is 0 Å². The summed E-state index contributed by atoms with van der Waals surface area (Å²) >= 11 is 0. The maximum absolute atomic E-state index is 5.46. The Bertz CT molecular complexity index is 234. The molecule has 0 saturated carbocycles. The van der Waals surface area contributed by atoms with E-state index in [1.807, 2.05) is 0 Å². The second kappa shape index (κ2) is 5.68. The third kappa shape index (κ3) is 2.83. The van der Waals surface area contributed by atoms with E-state index in [-0.39, 0.29) is 0 Å². The van der Waals surface area contributed by atoms with Crippen molar-refractivity contribution in [2.24, 2.45) is 5.92 Å². The predicted octanol–water partition coefficient (Wildman–Crippen LogP) is 1.63. The van der Waals surface area contributed by atoms with E-state index in [4.69, 9.17) is 4.74 Å². The van der Waals surface area contributed by atoms with Crippen LogP contribution in [0.2, 0.25) is 0 Å². The van der Waals surface area contributed by atoms with Crippen molar-refractivity contribution in [3.63, 3.8) is 0 Å². The fourth-order valence-electron chi connectivity index (χ4n) is 3.83. The molecule has 98 valence electrons. The molecule has 0 aromatic carbocycles. The van der Waals surface area contributed by atoms with Crippen LogP contribution in [-0.2, 0) is 4.74 Å². The zero-order chi connectivity index (χ0) is 11.5. The zero-order valence-corrected chi connectivity index (χ0v) is 10.9. The molecule has 0 aliphatic carbocycles. The van der Waals surface area contributed by atoms with Gasteiger partial charge in [0.25, 0.3) is 0 Å². The Labute approximate surface area is 105 Å². The number of rotatable bonds is 3. The molecule has 0 radical (unpaired) electrons. The van der Waals surface area contributed by atoms with E-state index in [2.05, 4.69) is 10.2 Å². The van der Waals surface area contributed by atoms with Gasteiger partial charge in [0, 0.05) is 31.8 Å². The van der Waals surface area contributed by atoms with Gasteiger partial charge in [-0.25, -0.2) is 0 Å². The number of nitrogens with zero attached hydrogens (tertiary/aromatic N) is 1. The van der Waals surface area contributed by atoms with Gasteiger partial charge in [-0.2, -0.15) is 0 Å². The summed E-state index contributed by atoms with van der Waals surface area (Å²) in [6.45, 7) is 5.88. The lowest BCUT2D eigenvalue weighted by Crippen LogP contribution is -2.46. The number of hydrogen-bond donors (Lipinski definition) is 1. The van der Waals surface area contributed by atoms with Crippen molar-refractivity contribution in [2.75, 3.05) is 32.8 Å². The van der Waals surface area contributed by atoms with Gasteiger partial charge < -0.3 is 10.1 Å². The molecule has 3 aliphatic rings. The van der Waals surface area contributed by atoms with Gasteiger partial charge in [-0.3, -0.25) is 4.90 Å². The van der Waals surface area contributed by atoms with Gasteiger partial charge in [0.1, 0.15) is 0 Å². The summed E-state index contributed by atoms with van der Waals surface area (Å²) in [5.74, 6) is 0.894. The second-order valence-electron chi connectivity index (χ2n) is 5.96. The summed E-state index contributed by atoms with van der Waals surface area (Å²) in [5, 5.41) is 3.70. The molecule has 3 aliphatic heterocycles. The minimum atomic E-state index is 0.789. The van der Waals surface area contributed by atoms with Crippen LogP contribution in [0.15, 0.2) is 0 Å². The van der Waals surface area contributed by atoms with Crippen molar-refractivity contribution >= 4 is 0 Å². The highest BCUT2D eigenvalue weighted by Crippen LogP contribution is 2.27. The van der Waals surface area contributed by atoms with Crippen molar-refractivity contribution in [2.45, 2.75) is 50.6 Å². The number of hydrogen-bond acceptors (Lipinski definition) is 3. The Balaban J connectivity index is 1.53. The van der Waals surface area contributed by atoms with Crippen LogP contribution in [0.5, 0.6) is 0 Å². The lowest BCUT2D eigenvalue weighted by Gasteiger charge is -2.33. The summed E-state index contributed by atoms with van der Waals surface area (Å²) in [7, 11) is 0. The van der Waals surface area contributed by atoms with Crippen molar-refractivity contribution in [1.82, 2.24) is 10.2 Å². The van der Waals surface area contributed by atoms with Crippen molar-refractivity contribution in [1.29, 1.82) is 0 Å². The van der Waals surface area contributed by atoms with E-state index >= 15 is 0 Å². The highest BCUT2D eigenvalue weighted by molar-refractivity contribution is 4.92. The van der Waals surface area contributed by atoms with Crippen molar-refractivity contribution < 1.29 is 4.74 Å². The van der Waals surface area contributed by atoms with Crippen LogP contribution in [0.3, 0.4) is 0 Å². The molecule has 3 fully saturated rings. The molecule has 0 bridgehead atoms. The Morgan fingerprint density at radius 3 is 2.71 bits per heavy atom. The van der Waals surface area contributed by atoms with Crippen LogP contribution < -0.4 is 5.32 Å². The molecular formula is C14H26N2O. The average Bonchev–Trinajstić information content (AvgIpc) is 3.00. The minimum Gasteiger partial charge on any atom is -0.381 e. The molecule has 0 spiro atoms. The molecule has 3 heteroatoms. The van der Waals surface area contributed by atoms with Crippen LogP contribution in [0.25, 0.3) is 0 Å². The van der Waals surface area contributed by atoms with Crippen LogP contribution in [0.1, 0.15) is 38.5 Å². The van der Waals surface area contributed by atoms with E-state index in [1.165, 1.54) is 58.2 Å². The summed E-state index contributed by atoms with van der Waals surface area (Å²) in [6.07, 6.45) is 8.16. The van der Waals surface area contributed by atoms with Gasteiger partial charge in [0.05, 0.1) is 0 Å². The highest BCUT2D eigenvalue weighted by atomic mass is 16.5. The molecule has 17 heavy (non-hydrogen) atoms. The van der Waals surface area contributed by atoms with Crippen molar-refractivity contribution in [3.8, 4) is 0 Å². The smallest absolute Gasteiger partial charge is 0.0469 e. The van der Waals surface area contributed by atoms with Gasteiger partial charge in [-0.15, -0.1) is 0 Å². The summed E-state index contributed by atoms with van der Waals surface area (Å²) < 4.78 is 5.46. The Kier molecular flexibility index (Phi) is 3.99. The minimum absolute atomic E-state index is 0.789. The van der Waals surface area contributed by atoms with E-state index in [9.17, 15) is 0 Å². The zero-order valence-electron chi connectivity index (χ0n) is 10.9. The molecule has 0 amide bonds. The SMILES string of the molecule is C1CNC(C2CCCN2CC2CCOCC2)C1. The molecule has 0 aromatic rings. The summed E-state index contributed by atoms with van der Waals surface area (Å²) in [4.78, 5) is 2.78. The maximum Gasteiger partial charge on any atom is 0.0469 e. The number of likely N-dealkylation sites (tertiary alicyclic amines) is 1. The topological polar surface area (TPSA) is 24.5 Å². The first-order valence-electron chi connectivity index (χ1n) is 7.48. The normalized spacial score (nSPS) is 36.7. The molecule has 2 unspecified atom stereocenters. The van der Waals surface area contributed by atoms with Gasteiger partial charge in [-0.05, 0) is 57.5 Å². The van der Waals surface area contributed by atoms with E-state index < -0.39 is 0 Å². The quantitative estimate of drug-likeness (QED) is 0.809. The van der Waals surface area contributed by atoms with Crippen LogP contribution in [-0.4, -0.2) is 49.8 Å². The van der Waals surface area contributed by atoms with Gasteiger partial charge in [0.15, 0.2) is 0 Å². The highest BCUT2D eigenvalue weighted by Gasteiger charge is 2.34. The predicted molar refractivity (Wildman–Crippen MR) is 69.2 cm³/mol. The lowest BCUT2D eigenvalue weighted by molar-refractivity contribution is 0.0486. The molecule has 0 aromatic heterocycles. The monoisotopic (exact) mass is 238 g/mol. The van der Waals surface area contributed by atoms with Gasteiger partial charge in [-0.1, -0.05) is 0 Å². The summed E-state index contributed by atoms with van der Waals surface area (Å²) in [5.41, 5.74) is 0. The molecule has 1 N–H and O–H groups in total. The molecule has 3 saturated heterocycles. The summed E-state index contributed by atoms with van der Waals surface area (Å²) in [6, 6.07) is 1.62. The van der Waals surface area contributed by atoms with Crippen LogP contribution in [0.4, 0.5) is 0 Å². The third-order valence-corrected chi connectivity index (χ3v) is 4.81. The Hall–Kier alpha value is -0.120. The fraction of sp³-hybridized carbons (Fsp3) is 1.00. The standard InChI is InChI=1S/C14H26N2O/c1-3-13(15-7-1)14-4-2-8-16(14)11-12-5-9-17-10-6-12/h12-15H,1-11H2. The first kappa shape index (κ1) is 11.9. The fourth-order valence-corrected chi connectivity index (χ4v) is 3.83. The van der Waals surface area contributed by atoms with E-state index in [0.717, 1.165) is 31.2 Å². The lowest BCUT2D eigenvalue weighted by atomic mass is 9.98.